The van der Waals surface area contributed by atoms with E-state index in [4.69, 9.17) is 4.74 Å². The Bertz CT molecular complexity index is 221. The molecule has 0 spiro atoms. The quantitative estimate of drug-likeness (QED) is 0.714. The van der Waals surface area contributed by atoms with Crippen LogP contribution in [-0.2, 0) is 4.74 Å². The minimum absolute atomic E-state index is 0.415. The van der Waals surface area contributed by atoms with Gasteiger partial charge in [-0.25, -0.2) is 0 Å². The molecular formula is C15H30N2O. The number of hydrogen-bond donors (Lipinski definition) is 2. The van der Waals surface area contributed by atoms with Gasteiger partial charge in [-0.1, -0.05) is 19.3 Å². The fourth-order valence-electron chi connectivity index (χ4n) is 3.41. The van der Waals surface area contributed by atoms with Gasteiger partial charge in [0, 0.05) is 18.7 Å². The van der Waals surface area contributed by atoms with Crippen LogP contribution in [0.3, 0.4) is 0 Å². The van der Waals surface area contributed by atoms with Crippen LogP contribution in [0, 0.1) is 0 Å². The van der Waals surface area contributed by atoms with Gasteiger partial charge in [0.05, 0.1) is 6.10 Å². The minimum Gasteiger partial charge on any atom is -0.377 e. The molecular weight excluding hydrogens is 224 g/mol. The van der Waals surface area contributed by atoms with Crippen molar-refractivity contribution < 1.29 is 4.74 Å². The van der Waals surface area contributed by atoms with E-state index < -0.39 is 0 Å². The molecule has 1 aliphatic carbocycles. The molecule has 0 aromatic rings. The van der Waals surface area contributed by atoms with Crippen LogP contribution in [0.15, 0.2) is 0 Å². The molecule has 1 heterocycles. The van der Waals surface area contributed by atoms with Crippen molar-refractivity contribution in [1.29, 1.82) is 0 Å². The predicted molar refractivity (Wildman–Crippen MR) is 76.0 cm³/mol. The maximum absolute atomic E-state index is 5.74. The molecule has 106 valence electrons. The molecule has 2 fully saturated rings. The zero-order valence-electron chi connectivity index (χ0n) is 12.0. The second-order valence-corrected chi connectivity index (χ2v) is 6.03. The molecule has 0 radical (unpaired) electrons. The summed E-state index contributed by atoms with van der Waals surface area (Å²) in [5.74, 6) is 0. The van der Waals surface area contributed by atoms with Gasteiger partial charge in [-0.3, -0.25) is 0 Å². The summed E-state index contributed by atoms with van der Waals surface area (Å²) in [5.41, 5.74) is 0.415. The summed E-state index contributed by atoms with van der Waals surface area (Å²) in [6.07, 6.45) is 12.5. The first-order chi connectivity index (χ1) is 8.85. The lowest BCUT2D eigenvalue weighted by Crippen LogP contribution is -2.47. The lowest BCUT2D eigenvalue weighted by molar-refractivity contribution is 0.0166. The highest BCUT2D eigenvalue weighted by atomic mass is 16.5. The third kappa shape index (κ3) is 4.22. The second kappa shape index (κ2) is 7.46. The average molecular weight is 254 g/mol. The van der Waals surface area contributed by atoms with E-state index in [1.807, 2.05) is 0 Å². The monoisotopic (exact) mass is 254 g/mol. The second-order valence-electron chi connectivity index (χ2n) is 6.03. The van der Waals surface area contributed by atoms with Crippen LogP contribution in [-0.4, -0.2) is 38.4 Å². The van der Waals surface area contributed by atoms with Crippen molar-refractivity contribution in [2.24, 2.45) is 0 Å². The molecule has 0 amide bonds. The van der Waals surface area contributed by atoms with E-state index in [1.165, 1.54) is 57.8 Å². The van der Waals surface area contributed by atoms with Crippen molar-refractivity contribution in [2.75, 3.05) is 26.7 Å². The third-order valence-corrected chi connectivity index (χ3v) is 4.77. The Morgan fingerprint density at radius 3 is 2.61 bits per heavy atom. The summed E-state index contributed by atoms with van der Waals surface area (Å²) in [4.78, 5) is 0. The summed E-state index contributed by atoms with van der Waals surface area (Å²) in [6, 6.07) is 0. The van der Waals surface area contributed by atoms with Crippen LogP contribution in [0.2, 0.25) is 0 Å². The highest BCUT2D eigenvalue weighted by Crippen LogP contribution is 2.30. The molecule has 3 nitrogen and oxygen atoms in total. The summed E-state index contributed by atoms with van der Waals surface area (Å²) in [7, 11) is 2.13. The van der Waals surface area contributed by atoms with Crippen molar-refractivity contribution in [3.05, 3.63) is 0 Å². The average Bonchev–Trinajstić information content (AvgIpc) is 2.46. The van der Waals surface area contributed by atoms with Crippen molar-refractivity contribution in [3.8, 4) is 0 Å². The van der Waals surface area contributed by atoms with E-state index in [0.29, 0.717) is 11.6 Å². The summed E-state index contributed by atoms with van der Waals surface area (Å²) in [5, 5.41) is 7.18. The lowest BCUT2D eigenvalue weighted by Gasteiger charge is -2.37. The number of nitrogens with one attached hydrogen (secondary N) is 2. The van der Waals surface area contributed by atoms with Gasteiger partial charge in [0.15, 0.2) is 0 Å². The molecule has 0 bridgehead atoms. The molecule has 1 atom stereocenters. The van der Waals surface area contributed by atoms with Crippen LogP contribution in [0.1, 0.15) is 57.8 Å². The normalized spacial score (nSPS) is 28.2. The van der Waals surface area contributed by atoms with Crippen LogP contribution in [0.4, 0.5) is 0 Å². The van der Waals surface area contributed by atoms with Gasteiger partial charge < -0.3 is 15.4 Å². The standard InChI is InChI=1S/C15H30N2O/c1-16-15(8-4-2-5-9-15)10-11-17-13-14-7-3-6-12-18-14/h14,16-17H,2-13H2,1H3. The number of ether oxygens (including phenoxy) is 1. The van der Waals surface area contributed by atoms with Gasteiger partial charge in [-0.05, 0) is 52.1 Å². The highest BCUT2D eigenvalue weighted by molar-refractivity contribution is 4.90. The highest BCUT2D eigenvalue weighted by Gasteiger charge is 2.29. The van der Waals surface area contributed by atoms with Gasteiger partial charge in [0.1, 0.15) is 0 Å². The smallest absolute Gasteiger partial charge is 0.0699 e. The Kier molecular flexibility index (Phi) is 5.93. The third-order valence-electron chi connectivity index (χ3n) is 4.77. The van der Waals surface area contributed by atoms with Crippen LogP contribution < -0.4 is 10.6 Å². The zero-order valence-corrected chi connectivity index (χ0v) is 12.0. The van der Waals surface area contributed by atoms with Crippen LogP contribution in [0.5, 0.6) is 0 Å². The topological polar surface area (TPSA) is 33.3 Å². The molecule has 2 aliphatic rings. The fraction of sp³-hybridized carbons (Fsp3) is 1.00. The van der Waals surface area contributed by atoms with E-state index in [9.17, 15) is 0 Å². The van der Waals surface area contributed by atoms with E-state index in [1.54, 1.807) is 0 Å². The molecule has 18 heavy (non-hydrogen) atoms. The summed E-state index contributed by atoms with van der Waals surface area (Å²) < 4.78 is 5.74. The van der Waals surface area contributed by atoms with E-state index in [0.717, 1.165) is 19.7 Å². The first-order valence-corrected chi connectivity index (χ1v) is 7.86. The molecule has 0 aromatic carbocycles. The summed E-state index contributed by atoms with van der Waals surface area (Å²) >= 11 is 0. The molecule has 0 aromatic heterocycles. The van der Waals surface area contributed by atoms with Crippen molar-refractivity contribution in [3.63, 3.8) is 0 Å². The van der Waals surface area contributed by atoms with Crippen molar-refractivity contribution in [2.45, 2.75) is 69.4 Å². The largest absolute Gasteiger partial charge is 0.377 e. The molecule has 1 saturated carbocycles. The first kappa shape index (κ1) is 14.3. The molecule has 2 N–H and O–H groups in total. The van der Waals surface area contributed by atoms with Crippen LogP contribution in [0.25, 0.3) is 0 Å². The Morgan fingerprint density at radius 2 is 1.94 bits per heavy atom. The zero-order chi connectivity index (χ0) is 12.7. The van der Waals surface area contributed by atoms with E-state index >= 15 is 0 Å². The van der Waals surface area contributed by atoms with Gasteiger partial charge in [-0.2, -0.15) is 0 Å². The van der Waals surface area contributed by atoms with Gasteiger partial charge in [0.2, 0.25) is 0 Å². The van der Waals surface area contributed by atoms with E-state index in [-0.39, 0.29) is 0 Å². The molecule has 1 unspecified atom stereocenters. The Balaban J connectivity index is 1.61. The minimum atomic E-state index is 0.415. The predicted octanol–water partition coefficient (Wildman–Crippen LogP) is 2.46. The Hall–Kier alpha value is -0.120. The van der Waals surface area contributed by atoms with E-state index in [2.05, 4.69) is 17.7 Å². The molecule has 1 saturated heterocycles. The van der Waals surface area contributed by atoms with Crippen molar-refractivity contribution >= 4 is 0 Å². The molecule has 3 heteroatoms. The number of rotatable bonds is 6. The first-order valence-electron chi connectivity index (χ1n) is 7.86. The van der Waals surface area contributed by atoms with Crippen LogP contribution >= 0.6 is 0 Å². The maximum Gasteiger partial charge on any atom is 0.0699 e. The summed E-state index contributed by atoms with van der Waals surface area (Å²) in [6.45, 7) is 3.13. The fourth-order valence-corrected chi connectivity index (χ4v) is 3.41. The Labute approximate surface area is 112 Å². The molecule has 1 aliphatic heterocycles. The SMILES string of the molecule is CNC1(CCNCC2CCCCO2)CCCCC1. The Morgan fingerprint density at radius 1 is 1.11 bits per heavy atom. The van der Waals surface area contributed by atoms with Crippen molar-refractivity contribution in [1.82, 2.24) is 10.6 Å². The number of hydrogen-bond acceptors (Lipinski definition) is 3. The van der Waals surface area contributed by atoms with Gasteiger partial charge in [-0.15, -0.1) is 0 Å². The van der Waals surface area contributed by atoms with Gasteiger partial charge >= 0.3 is 0 Å². The molecule has 2 rings (SSSR count). The van der Waals surface area contributed by atoms with Gasteiger partial charge in [0.25, 0.3) is 0 Å². The lowest BCUT2D eigenvalue weighted by atomic mass is 9.79. The maximum atomic E-state index is 5.74.